The zero-order valence-corrected chi connectivity index (χ0v) is 12.0. The predicted molar refractivity (Wildman–Crippen MR) is 75.1 cm³/mol. The van der Waals surface area contributed by atoms with Crippen LogP contribution in [-0.4, -0.2) is 49.1 Å². The van der Waals surface area contributed by atoms with E-state index in [1.807, 2.05) is 0 Å². The van der Waals surface area contributed by atoms with Gasteiger partial charge in [-0.2, -0.15) is 0 Å². The van der Waals surface area contributed by atoms with E-state index in [9.17, 15) is 14.0 Å². The highest BCUT2D eigenvalue weighted by Crippen LogP contribution is 2.05. The third-order valence-electron chi connectivity index (χ3n) is 3.35. The van der Waals surface area contributed by atoms with Crippen LogP contribution >= 0.6 is 0 Å². The van der Waals surface area contributed by atoms with Crippen LogP contribution in [0.3, 0.4) is 0 Å². The van der Waals surface area contributed by atoms with Crippen LogP contribution in [0.5, 0.6) is 0 Å². The first-order valence-corrected chi connectivity index (χ1v) is 6.96. The molecule has 1 unspecified atom stereocenters. The number of hydrogen-bond acceptors (Lipinski definition) is 3. The minimum atomic E-state index is -0.573. The van der Waals surface area contributed by atoms with Gasteiger partial charge >= 0.3 is 0 Å². The van der Waals surface area contributed by atoms with Gasteiger partial charge < -0.3 is 15.0 Å². The lowest BCUT2D eigenvalue weighted by Gasteiger charge is -2.29. The molecule has 5 nitrogen and oxygen atoms in total. The Morgan fingerprint density at radius 1 is 1.29 bits per heavy atom. The fourth-order valence-electron chi connectivity index (χ4n) is 2.20. The summed E-state index contributed by atoms with van der Waals surface area (Å²) >= 11 is 0. The lowest BCUT2D eigenvalue weighted by atomic mass is 10.1. The number of halogens is 1. The van der Waals surface area contributed by atoms with Crippen molar-refractivity contribution in [3.05, 3.63) is 35.6 Å². The van der Waals surface area contributed by atoms with E-state index in [1.54, 1.807) is 24.0 Å². The summed E-state index contributed by atoms with van der Waals surface area (Å²) in [6, 6.07) is 5.17. The number of benzene rings is 1. The Morgan fingerprint density at radius 3 is 2.52 bits per heavy atom. The first-order chi connectivity index (χ1) is 10.1. The van der Waals surface area contributed by atoms with Crippen LogP contribution in [0.1, 0.15) is 12.5 Å². The average Bonchev–Trinajstić information content (AvgIpc) is 2.49. The van der Waals surface area contributed by atoms with Gasteiger partial charge in [-0.05, 0) is 24.6 Å². The van der Waals surface area contributed by atoms with Crippen molar-refractivity contribution in [3.8, 4) is 0 Å². The summed E-state index contributed by atoms with van der Waals surface area (Å²) in [6.45, 7) is 3.83. The van der Waals surface area contributed by atoms with Gasteiger partial charge in [-0.15, -0.1) is 0 Å². The predicted octanol–water partition coefficient (Wildman–Crippen LogP) is 0.732. The van der Waals surface area contributed by atoms with Gasteiger partial charge in [-0.25, -0.2) is 4.39 Å². The molecule has 0 bridgehead atoms. The monoisotopic (exact) mass is 294 g/mol. The molecule has 0 radical (unpaired) electrons. The number of morpholine rings is 1. The molecule has 1 fully saturated rings. The van der Waals surface area contributed by atoms with Crippen molar-refractivity contribution < 1.29 is 18.7 Å². The van der Waals surface area contributed by atoms with Gasteiger partial charge in [0.05, 0.1) is 19.6 Å². The Hall–Kier alpha value is -1.95. The normalized spacial score (nSPS) is 16.4. The molecule has 21 heavy (non-hydrogen) atoms. The summed E-state index contributed by atoms with van der Waals surface area (Å²) in [6.07, 6.45) is 0.126. The molecule has 2 rings (SSSR count). The molecule has 1 aliphatic heterocycles. The Bertz CT molecular complexity index is 498. The summed E-state index contributed by atoms with van der Waals surface area (Å²) in [5.41, 5.74) is 0.708. The smallest absolute Gasteiger partial charge is 0.245 e. The first-order valence-electron chi connectivity index (χ1n) is 6.96. The van der Waals surface area contributed by atoms with E-state index in [1.165, 1.54) is 12.1 Å². The molecule has 0 aromatic heterocycles. The van der Waals surface area contributed by atoms with Crippen molar-refractivity contribution in [2.24, 2.45) is 0 Å². The van der Waals surface area contributed by atoms with E-state index in [4.69, 9.17) is 4.74 Å². The summed E-state index contributed by atoms with van der Waals surface area (Å²) in [5, 5.41) is 2.68. The summed E-state index contributed by atoms with van der Waals surface area (Å²) in [5.74, 6) is -0.698. The molecule has 1 aromatic carbocycles. The molecule has 0 saturated carbocycles. The fourth-order valence-corrected chi connectivity index (χ4v) is 2.20. The topological polar surface area (TPSA) is 58.6 Å². The third-order valence-corrected chi connectivity index (χ3v) is 3.35. The zero-order valence-electron chi connectivity index (χ0n) is 12.0. The lowest BCUT2D eigenvalue weighted by molar-refractivity contribution is -0.139. The fraction of sp³-hybridized carbons (Fsp3) is 0.467. The molecule has 2 amide bonds. The number of carbonyl (C=O) groups is 2. The third kappa shape index (κ3) is 4.53. The van der Waals surface area contributed by atoms with E-state index >= 15 is 0 Å². The van der Waals surface area contributed by atoms with Gasteiger partial charge in [0.15, 0.2) is 0 Å². The summed E-state index contributed by atoms with van der Waals surface area (Å²) < 4.78 is 18.0. The Kier molecular flexibility index (Phi) is 5.27. The molecular formula is C15H19FN2O3. The Balaban J connectivity index is 1.83. The highest BCUT2D eigenvalue weighted by Gasteiger charge is 2.23. The number of nitrogens with zero attached hydrogens (tertiary/aromatic N) is 1. The summed E-state index contributed by atoms with van der Waals surface area (Å²) in [4.78, 5) is 25.7. The van der Waals surface area contributed by atoms with Crippen LogP contribution in [-0.2, 0) is 20.7 Å². The second-order valence-electron chi connectivity index (χ2n) is 5.03. The van der Waals surface area contributed by atoms with Gasteiger partial charge in [-0.3, -0.25) is 9.59 Å². The van der Waals surface area contributed by atoms with Crippen LogP contribution in [0.2, 0.25) is 0 Å². The van der Waals surface area contributed by atoms with Crippen molar-refractivity contribution in [3.63, 3.8) is 0 Å². The Labute approximate surface area is 123 Å². The van der Waals surface area contributed by atoms with Crippen LogP contribution in [0.25, 0.3) is 0 Å². The highest BCUT2D eigenvalue weighted by molar-refractivity contribution is 5.88. The summed E-state index contributed by atoms with van der Waals surface area (Å²) in [7, 11) is 0. The number of hydrogen-bond donors (Lipinski definition) is 1. The van der Waals surface area contributed by atoms with E-state index in [-0.39, 0.29) is 24.1 Å². The molecule has 1 N–H and O–H groups in total. The molecule has 1 saturated heterocycles. The number of rotatable bonds is 4. The van der Waals surface area contributed by atoms with E-state index in [0.29, 0.717) is 31.9 Å². The van der Waals surface area contributed by atoms with Gasteiger partial charge in [-0.1, -0.05) is 12.1 Å². The molecule has 114 valence electrons. The molecule has 1 heterocycles. The maximum Gasteiger partial charge on any atom is 0.245 e. The minimum Gasteiger partial charge on any atom is -0.378 e. The van der Waals surface area contributed by atoms with E-state index in [0.717, 1.165) is 0 Å². The van der Waals surface area contributed by atoms with E-state index in [2.05, 4.69) is 5.32 Å². The van der Waals surface area contributed by atoms with Gasteiger partial charge in [0.2, 0.25) is 11.8 Å². The quantitative estimate of drug-likeness (QED) is 0.891. The second-order valence-corrected chi connectivity index (χ2v) is 5.03. The van der Waals surface area contributed by atoms with Gasteiger partial charge in [0, 0.05) is 13.1 Å². The standard InChI is InChI=1S/C15H19FN2O3/c1-11(15(20)18-6-8-21-9-7-18)17-14(19)10-12-2-4-13(16)5-3-12/h2-5,11H,6-10H2,1H3,(H,17,19). The molecule has 1 atom stereocenters. The SMILES string of the molecule is CC(NC(=O)Cc1ccc(F)cc1)C(=O)N1CCOCC1. The van der Waals surface area contributed by atoms with Crippen molar-refractivity contribution >= 4 is 11.8 Å². The molecule has 6 heteroatoms. The largest absolute Gasteiger partial charge is 0.378 e. The van der Waals surface area contributed by atoms with Gasteiger partial charge in [0.1, 0.15) is 11.9 Å². The van der Waals surface area contributed by atoms with Crippen molar-refractivity contribution in [2.75, 3.05) is 26.3 Å². The second kappa shape index (κ2) is 7.17. The molecular weight excluding hydrogens is 275 g/mol. The molecule has 0 aliphatic carbocycles. The average molecular weight is 294 g/mol. The van der Waals surface area contributed by atoms with Crippen molar-refractivity contribution in [2.45, 2.75) is 19.4 Å². The highest BCUT2D eigenvalue weighted by atomic mass is 19.1. The van der Waals surface area contributed by atoms with Crippen molar-refractivity contribution in [1.29, 1.82) is 0 Å². The lowest BCUT2D eigenvalue weighted by Crippen LogP contribution is -2.50. The van der Waals surface area contributed by atoms with Crippen LogP contribution in [0, 0.1) is 5.82 Å². The number of amides is 2. The number of carbonyl (C=O) groups excluding carboxylic acids is 2. The molecule has 0 spiro atoms. The van der Waals surface area contributed by atoms with Crippen LogP contribution in [0.4, 0.5) is 4.39 Å². The van der Waals surface area contributed by atoms with E-state index < -0.39 is 6.04 Å². The molecule has 1 aliphatic rings. The maximum atomic E-state index is 12.8. The first kappa shape index (κ1) is 15.4. The number of nitrogens with one attached hydrogen (secondary N) is 1. The maximum absolute atomic E-state index is 12.8. The number of ether oxygens (including phenoxy) is 1. The molecule has 1 aromatic rings. The van der Waals surface area contributed by atoms with Crippen LogP contribution < -0.4 is 5.32 Å². The van der Waals surface area contributed by atoms with Crippen molar-refractivity contribution in [1.82, 2.24) is 10.2 Å². The van der Waals surface area contributed by atoms with Crippen LogP contribution in [0.15, 0.2) is 24.3 Å². The zero-order chi connectivity index (χ0) is 15.2. The van der Waals surface area contributed by atoms with Gasteiger partial charge in [0.25, 0.3) is 0 Å². The minimum absolute atomic E-state index is 0.106. The Morgan fingerprint density at radius 2 is 1.90 bits per heavy atom.